The van der Waals surface area contributed by atoms with Crippen LogP contribution in [-0.2, 0) is 32.6 Å². The first-order chi connectivity index (χ1) is 20.0. The van der Waals surface area contributed by atoms with Gasteiger partial charge in [-0.2, -0.15) is 0 Å². The molecular weight excluding hydrogens is 601 g/mol. The summed E-state index contributed by atoms with van der Waals surface area (Å²) in [5, 5.41) is 3.61. The SMILES string of the molecule is CCCNC(=O)[C@@H](Cc1ccccc1)N(Cc1ccc(Cl)cc1Cl)C(=O)CN(c1cc(OC)ccc1OC)S(C)(=O)=O. The molecule has 0 heterocycles. The number of hydrogen-bond acceptors (Lipinski definition) is 6. The highest BCUT2D eigenvalue weighted by Gasteiger charge is 2.34. The van der Waals surface area contributed by atoms with Gasteiger partial charge < -0.3 is 19.7 Å². The van der Waals surface area contributed by atoms with Crippen molar-refractivity contribution in [1.29, 1.82) is 0 Å². The predicted molar refractivity (Wildman–Crippen MR) is 166 cm³/mol. The topological polar surface area (TPSA) is 105 Å². The number of hydrogen-bond donors (Lipinski definition) is 1. The molecule has 0 aliphatic carbocycles. The van der Waals surface area contributed by atoms with E-state index in [4.69, 9.17) is 32.7 Å². The van der Waals surface area contributed by atoms with E-state index in [1.54, 1.807) is 30.3 Å². The van der Waals surface area contributed by atoms with Crippen LogP contribution in [0, 0.1) is 0 Å². The summed E-state index contributed by atoms with van der Waals surface area (Å²) in [5.74, 6) is -0.395. The number of benzene rings is 3. The van der Waals surface area contributed by atoms with Gasteiger partial charge in [-0.1, -0.05) is 66.5 Å². The van der Waals surface area contributed by atoms with Crippen molar-refractivity contribution in [2.24, 2.45) is 0 Å². The molecule has 2 amide bonds. The molecule has 0 aliphatic heterocycles. The molecular formula is C30H35Cl2N3O6S. The third-order valence-corrected chi connectivity index (χ3v) is 8.22. The largest absolute Gasteiger partial charge is 0.497 e. The number of ether oxygens (including phenoxy) is 2. The average molecular weight is 637 g/mol. The monoisotopic (exact) mass is 635 g/mol. The number of nitrogens with one attached hydrogen (secondary N) is 1. The second-order valence-electron chi connectivity index (χ2n) is 9.56. The molecule has 1 atom stereocenters. The predicted octanol–water partition coefficient (Wildman–Crippen LogP) is 4.94. The van der Waals surface area contributed by atoms with Crippen LogP contribution in [0.2, 0.25) is 10.0 Å². The third kappa shape index (κ3) is 8.77. The number of sulfonamides is 1. The van der Waals surface area contributed by atoms with Gasteiger partial charge in [0.15, 0.2) is 0 Å². The van der Waals surface area contributed by atoms with Crippen molar-refractivity contribution in [1.82, 2.24) is 10.2 Å². The standard InChI is InChI=1S/C30H35Cl2N3O6S/c1-5-15-33-30(37)27(16-21-9-7-6-8-10-21)34(19-22-11-12-23(31)17-25(22)32)29(36)20-35(42(4,38)39)26-18-24(40-2)13-14-28(26)41-3/h6-14,17-18,27H,5,15-16,19-20H2,1-4H3,(H,33,37)/t27-/m1/s1. The zero-order valence-electron chi connectivity index (χ0n) is 24.0. The van der Waals surface area contributed by atoms with Gasteiger partial charge in [-0.25, -0.2) is 8.42 Å². The number of rotatable bonds is 14. The summed E-state index contributed by atoms with van der Waals surface area (Å²) in [5.41, 5.74) is 1.48. The van der Waals surface area contributed by atoms with Crippen molar-refractivity contribution in [2.45, 2.75) is 32.4 Å². The Morgan fingerprint density at radius 3 is 2.29 bits per heavy atom. The maximum atomic E-state index is 14.2. The Labute approximate surface area is 257 Å². The highest BCUT2D eigenvalue weighted by Crippen LogP contribution is 2.34. The summed E-state index contributed by atoms with van der Waals surface area (Å²) in [7, 11) is -1.16. The fourth-order valence-electron chi connectivity index (χ4n) is 4.34. The lowest BCUT2D eigenvalue weighted by atomic mass is 10.0. The van der Waals surface area contributed by atoms with Crippen molar-refractivity contribution < 1.29 is 27.5 Å². The molecule has 3 rings (SSSR count). The molecule has 0 saturated carbocycles. The summed E-state index contributed by atoms with van der Waals surface area (Å²) in [6.07, 6.45) is 1.88. The van der Waals surface area contributed by atoms with E-state index in [0.29, 0.717) is 34.3 Å². The molecule has 0 spiro atoms. The highest BCUT2D eigenvalue weighted by atomic mass is 35.5. The Bertz CT molecular complexity index is 1490. The van der Waals surface area contributed by atoms with Crippen molar-refractivity contribution in [2.75, 3.05) is 37.9 Å². The van der Waals surface area contributed by atoms with Gasteiger partial charge in [0.1, 0.15) is 24.1 Å². The number of methoxy groups -OCH3 is 2. The molecule has 0 radical (unpaired) electrons. The van der Waals surface area contributed by atoms with Crippen LogP contribution >= 0.6 is 23.2 Å². The zero-order valence-corrected chi connectivity index (χ0v) is 26.3. The van der Waals surface area contributed by atoms with Gasteiger partial charge in [0, 0.05) is 35.6 Å². The summed E-state index contributed by atoms with van der Waals surface area (Å²) >= 11 is 12.6. The van der Waals surface area contributed by atoms with E-state index in [9.17, 15) is 18.0 Å². The van der Waals surface area contributed by atoms with Gasteiger partial charge in [0.05, 0.1) is 26.2 Å². The lowest BCUT2D eigenvalue weighted by molar-refractivity contribution is -0.140. The molecule has 0 bridgehead atoms. The normalized spacial score (nSPS) is 11.9. The second-order valence-corrected chi connectivity index (χ2v) is 12.3. The molecule has 3 aromatic rings. The van der Waals surface area contributed by atoms with Gasteiger partial charge >= 0.3 is 0 Å². The van der Waals surface area contributed by atoms with Crippen molar-refractivity contribution in [3.8, 4) is 11.5 Å². The summed E-state index contributed by atoms with van der Waals surface area (Å²) < 4.78 is 37.8. The Balaban J connectivity index is 2.12. The molecule has 0 aromatic heterocycles. The molecule has 0 unspecified atom stereocenters. The van der Waals surface area contributed by atoms with E-state index in [2.05, 4.69) is 5.32 Å². The maximum absolute atomic E-state index is 14.2. The van der Waals surface area contributed by atoms with Crippen LogP contribution in [0.3, 0.4) is 0 Å². The van der Waals surface area contributed by atoms with Crippen LogP contribution in [0.25, 0.3) is 0 Å². The van der Waals surface area contributed by atoms with Gasteiger partial charge in [0.2, 0.25) is 21.8 Å². The van der Waals surface area contributed by atoms with E-state index in [0.717, 1.165) is 16.1 Å². The molecule has 12 heteroatoms. The molecule has 0 fully saturated rings. The molecule has 42 heavy (non-hydrogen) atoms. The number of carbonyl (C=O) groups is 2. The van der Waals surface area contributed by atoms with Crippen molar-refractivity contribution in [3.05, 3.63) is 87.9 Å². The van der Waals surface area contributed by atoms with Crippen LogP contribution in [0.1, 0.15) is 24.5 Å². The van der Waals surface area contributed by atoms with Crippen LogP contribution < -0.4 is 19.1 Å². The molecule has 3 aromatic carbocycles. The minimum absolute atomic E-state index is 0.0707. The van der Waals surface area contributed by atoms with Crippen LogP contribution in [0.5, 0.6) is 11.5 Å². The van der Waals surface area contributed by atoms with E-state index in [1.165, 1.54) is 25.2 Å². The smallest absolute Gasteiger partial charge is 0.244 e. The lowest BCUT2D eigenvalue weighted by Gasteiger charge is -2.34. The summed E-state index contributed by atoms with van der Waals surface area (Å²) in [4.78, 5) is 29.2. The molecule has 1 N–H and O–H groups in total. The van der Waals surface area contributed by atoms with Crippen molar-refractivity contribution >= 4 is 50.7 Å². The average Bonchev–Trinajstić information content (AvgIpc) is 2.96. The van der Waals surface area contributed by atoms with E-state index >= 15 is 0 Å². The van der Waals surface area contributed by atoms with E-state index in [1.807, 2.05) is 37.3 Å². The van der Waals surface area contributed by atoms with Gasteiger partial charge in [0.25, 0.3) is 0 Å². The number of halogens is 2. The molecule has 226 valence electrons. The fourth-order valence-corrected chi connectivity index (χ4v) is 5.65. The van der Waals surface area contributed by atoms with Crippen LogP contribution in [0.15, 0.2) is 66.7 Å². The minimum atomic E-state index is -4.00. The van der Waals surface area contributed by atoms with Gasteiger partial charge in [-0.05, 0) is 41.8 Å². The van der Waals surface area contributed by atoms with Crippen molar-refractivity contribution in [3.63, 3.8) is 0 Å². The van der Waals surface area contributed by atoms with Gasteiger partial charge in [-0.15, -0.1) is 0 Å². The molecule has 0 saturated heterocycles. The van der Waals surface area contributed by atoms with Gasteiger partial charge in [-0.3, -0.25) is 13.9 Å². The molecule has 9 nitrogen and oxygen atoms in total. The van der Waals surface area contributed by atoms with E-state index in [-0.39, 0.29) is 30.3 Å². The van der Waals surface area contributed by atoms with Crippen LogP contribution in [-0.4, -0.2) is 64.7 Å². The Morgan fingerprint density at radius 2 is 1.69 bits per heavy atom. The Hall–Kier alpha value is -3.47. The fraction of sp³-hybridized carbons (Fsp3) is 0.333. The third-order valence-electron chi connectivity index (χ3n) is 6.51. The first kappa shape index (κ1) is 33.0. The second kappa shape index (κ2) is 15.1. The summed E-state index contributed by atoms with van der Waals surface area (Å²) in [6, 6.07) is 17.8. The number of amides is 2. The van der Waals surface area contributed by atoms with Crippen LogP contribution in [0.4, 0.5) is 5.69 Å². The number of nitrogens with zero attached hydrogens (tertiary/aromatic N) is 2. The van der Waals surface area contributed by atoms with E-state index < -0.39 is 28.5 Å². The lowest BCUT2D eigenvalue weighted by Crippen LogP contribution is -2.53. The quantitative estimate of drug-likeness (QED) is 0.269. The Morgan fingerprint density at radius 1 is 0.976 bits per heavy atom. The summed E-state index contributed by atoms with van der Waals surface area (Å²) in [6.45, 7) is 1.65. The number of carbonyl (C=O) groups excluding carboxylic acids is 2. The first-order valence-corrected chi connectivity index (χ1v) is 15.8. The number of anilines is 1. The first-order valence-electron chi connectivity index (χ1n) is 13.2. The maximum Gasteiger partial charge on any atom is 0.244 e. The Kier molecular flexibility index (Phi) is 11.9. The zero-order chi connectivity index (χ0) is 30.9. The minimum Gasteiger partial charge on any atom is -0.497 e. The molecule has 0 aliphatic rings. The highest BCUT2D eigenvalue weighted by molar-refractivity contribution is 7.92.